The van der Waals surface area contributed by atoms with E-state index < -0.39 is 0 Å². The molecule has 6 nitrogen and oxygen atoms in total. The molecule has 0 saturated carbocycles. The third-order valence-corrected chi connectivity index (χ3v) is 7.02. The molecule has 0 spiro atoms. The van der Waals surface area contributed by atoms with E-state index in [4.69, 9.17) is 4.74 Å². The van der Waals surface area contributed by atoms with E-state index in [0.29, 0.717) is 31.1 Å². The van der Waals surface area contributed by atoms with Crippen LogP contribution >= 0.6 is 11.3 Å². The summed E-state index contributed by atoms with van der Waals surface area (Å²) in [5.74, 6) is 0.974. The van der Waals surface area contributed by atoms with E-state index in [2.05, 4.69) is 74.0 Å². The lowest BCUT2D eigenvalue weighted by molar-refractivity contribution is -0.134. The van der Waals surface area contributed by atoms with Crippen LogP contribution < -0.4 is 10.1 Å². The molecule has 0 bridgehead atoms. The summed E-state index contributed by atoms with van der Waals surface area (Å²) in [5.41, 5.74) is 5.00. The molecule has 0 aliphatic carbocycles. The number of hydrogen-bond acceptors (Lipinski definition) is 5. The minimum Gasteiger partial charge on any atom is -0.486 e. The lowest BCUT2D eigenvalue weighted by Gasteiger charge is -2.38. The van der Waals surface area contributed by atoms with Gasteiger partial charge in [-0.25, -0.2) is 4.98 Å². The van der Waals surface area contributed by atoms with Crippen molar-refractivity contribution in [3.05, 3.63) is 93.5 Å². The number of nitrogens with zero attached hydrogens (tertiary/aromatic N) is 2. The Hall–Kier alpha value is -3.45. The summed E-state index contributed by atoms with van der Waals surface area (Å²) in [5, 5.41) is 5.19. The number of aromatic nitrogens is 1. The second-order valence-corrected chi connectivity index (χ2v) is 10.5. The number of carbonyl (C=O) groups excluding carboxylic acids is 2. The van der Waals surface area contributed by atoms with Gasteiger partial charge in [0.15, 0.2) is 0 Å². The van der Waals surface area contributed by atoms with E-state index >= 15 is 0 Å². The van der Waals surface area contributed by atoms with Gasteiger partial charge in [-0.2, -0.15) is 0 Å². The number of hydrogen-bond donors (Lipinski definition) is 1. The standard InChI is InChI=1S/C29H33N3O3S/c1-5-13-30-29(34)25-18-36-26(31-25)17-35-23-11-10-21-12-14-32(27(33)15-19(2)3)28(24(21)16-23)22-8-6-20(4)7-9-22/h5-11,16,18-19,28H,1,12-15,17H2,2-4H3,(H,30,34)/t28-/m0/s1. The maximum Gasteiger partial charge on any atom is 0.271 e. The molecule has 4 rings (SSSR count). The van der Waals surface area contributed by atoms with E-state index in [0.717, 1.165) is 28.3 Å². The van der Waals surface area contributed by atoms with Gasteiger partial charge in [-0.1, -0.05) is 55.8 Å². The van der Waals surface area contributed by atoms with Gasteiger partial charge in [0, 0.05) is 24.9 Å². The topological polar surface area (TPSA) is 71.5 Å². The number of fused-ring (bicyclic) bond motifs is 1. The molecule has 1 atom stereocenters. The van der Waals surface area contributed by atoms with Crippen LogP contribution in [-0.4, -0.2) is 34.8 Å². The van der Waals surface area contributed by atoms with Crippen LogP contribution in [0.15, 0.2) is 60.5 Å². The zero-order valence-electron chi connectivity index (χ0n) is 21.1. The second kappa shape index (κ2) is 11.5. The van der Waals surface area contributed by atoms with Crippen LogP contribution in [-0.2, 0) is 17.8 Å². The SMILES string of the molecule is C=CCNC(=O)c1csc(COc2ccc3c(c2)[C@H](c2ccc(C)cc2)N(C(=O)CC(C)C)CC3)n1. The summed E-state index contributed by atoms with van der Waals surface area (Å²) in [6.07, 6.45) is 2.98. The zero-order valence-corrected chi connectivity index (χ0v) is 21.9. The molecule has 1 aliphatic heterocycles. The van der Waals surface area contributed by atoms with Gasteiger partial charge in [0.2, 0.25) is 5.91 Å². The Morgan fingerprint density at radius 1 is 1.25 bits per heavy atom. The van der Waals surface area contributed by atoms with Crippen molar-refractivity contribution in [2.45, 2.75) is 46.3 Å². The Bertz CT molecular complexity index is 1230. The number of nitrogens with one attached hydrogen (secondary N) is 1. The normalized spacial score (nSPS) is 14.9. The number of benzene rings is 2. The van der Waals surface area contributed by atoms with Gasteiger partial charge in [-0.05, 0) is 48.1 Å². The second-order valence-electron chi connectivity index (χ2n) is 9.52. The summed E-state index contributed by atoms with van der Waals surface area (Å²) in [7, 11) is 0. The van der Waals surface area contributed by atoms with Crippen molar-refractivity contribution in [1.29, 1.82) is 0 Å². The highest BCUT2D eigenvalue weighted by molar-refractivity contribution is 7.09. The molecule has 0 fully saturated rings. The van der Waals surface area contributed by atoms with Gasteiger partial charge in [-0.3, -0.25) is 9.59 Å². The summed E-state index contributed by atoms with van der Waals surface area (Å²) in [6, 6.07) is 14.4. The first-order valence-electron chi connectivity index (χ1n) is 12.3. The molecule has 3 aromatic rings. The van der Waals surface area contributed by atoms with Crippen molar-refractivity contribution in [3.63, 3.8) is 0 Å². The van der Waals surface area contributed by atoms with E-state index in [9.17, 15) is 9.59 Å². The lowest BCUT2D eigenvalue weighted by Crippen LogP contribution is -2.41. The maximum absolute atomic E-state index is 13.2. The first-order chi connectivity index (χ1) is 17.4. The molecular weight excluding hydrogens is 470 g/mol. The van der Waals surface area contributed by atoms with Crippen molar-refractivity contribution in [3.8, 4) is 5.75 Å². The smallest absolute Gasteiger partial charge is 0.271 e. The molecule has 1 aliphatic rings. The molecule has 0 unspecified atom stereocenters. The Balaban J connectivity index is 1.57. The molecule has 2 heterocycles. The molecule has 7 heteroatoms. The summed E-state index contributed by atoms with van der Waals surface area (Å²) < 4.78 is 6.09. The lowest BCUT2D eigenvalue weighted by atomic mass is 9.87. The van der Waals surface area contributed by atoms with Crippen molar-refractivity contribution in [1.82, 2.24) is 15.2 Å². The third kappa shape index (κ3) is 6.02. The van der Waals surface area contributed by atoms with Crippen LogP contribution in [0.5, 0.6) is 5.75 Å². The third-order valence-electron chi connectivity index (χ3n) is 6.20. The first kappa shape index (κ1) is 25.6. The molecule has 2 aromatic carbocycles. The minimum atomic E-state index is -0.224. The van der Waals surface area contributed by atoms with Crippen molar-refractivity contribution in [2.24, 2.45) is 5.92 Å². The average Bonchev–Trinajstić information content (AvgIpc) is 3.34. The van der Waals surface area contributed by atoms with Gasteiger partial charge < -0.3 is 15.0 Å². The van der Waals surface area contributed by atoms with E-state index in [1.165, 1.54) is 22.5 Å². The highest BCUT2D eigenvalue weighted by Crippen LogP contribution is 2.38. The number of ether oxygens (including phenoxy) is 1. The summed E-state index contributed by atoms with van der Waals surface area (Å²) in [6.45, 7) is 11.2. The number of carbonyl (C=O) groups is 2. The van der Waals surface area contributed by atoms with Gasteiger partial charge >= 0.3 is 0 Å². The molecule has 188 valence electrons. The molecule has 0 radical (unpaired) electrons. The van der Waals surface area contributed by atoms with Crippen LogP contribution in [0.1, 0.15) is 64.1 Å². The number of aryl methyl sites for hydroxylation is 1. The highest BCUT2D eigenvalue weighted by atomic mass is 32.1. The van der Waals surface area contributed by atoms with Gasteiger partial charge in [0.25, 0.3) is 5.91 Å². The van der Waals surface area contributed by atoms with Crippen LogP contribution in [0.4, 0.5) is 0 Å². The fourth-order valence-corrected chi connectivity index (χ4v) is 5.09. The molecule has 36 heavy (non-hydrogen) atoms. The Labute approximate surface area is 217 Å². The number of amides is 2. The van der Waals surface area contributed by atoms with E-state index in [1.54, 1.807) is 11.5 Å². The van der Waals surface area contributed by atoms with Crippen LogP contribution in [0.25, 0.3) is 0 Å². The minimum absolute atomic E-state index is 0.149. The zero-order chi connectivity index (χ0) is 25.7. The summed E-state index contributed by atoms with van der Waals surface area (Å²) in [4.78, 5) is 31.8. The fraction of sp³-hybridized carbons (Fsp3) is 0.345. The predicted molar refractivity (Wildman–Crippen MR) is 143 cm³/mol. The maximum atomic E-state index is 13.2. The first-order valence-corrected chi connectivity index (χ1v) is 13.2. The van der Waals surface area contributed by atoms with Gasteiger partial charge in [0.1, 0.15) is 23.1 Å². The fourth-order valence-electron chi connectivity index (χ4n) is 4.41. The van der Waals surface area contributed by atoms with Crippen LogP contribution in [0.3, 0.4) is 0 Å². The quantitative estimate of drug-likeness (QED) is 0.393. The van der Waals surface area contributed by atoms with E-state index in [1.807, 2.05) is 11.0 Å². The predicted octanol–water partition coefficient (Wildman–Crippen LogP) is 5.47. The number of rotatable bonds is 9. The molecule has 1 N–H and O–H groups in total. The molecule has 1 aromatic heterocycles. The van der Waals surface area contributed by atoms with Crippen LogP contribution in [0.2, 0.25) is 0 Å². The van der Waals surface area contributed by atoms with Crippen molar-refractivity contribution < 1.29 is 14.3 Å². The number of thiazole rings is 1. The Morgan fingerprint density at radius 2 is 2.03 bits per heavy atom. The highest BCUT2D eigenvalue weighted by Gasteiger charge is 2.32. The van der Waals surface area contributed by atoms with Gasteiger partial charge in [0.05, 0.1) is 6.04 Å². The van der Waals surface area contributed by atoms with Crippen molar-refractivity contribution >= 4 is 23.2 Å². The molecular formula is C29H33N3O3S. The average molecular weight is 504 g/mol. The van der Waals surface area contributed by atoms with Crippen LogP contribution in [0, 0.1) is 12.8 Å². The summed E-state index contributed by atoms with van der Waals surface area (Å²) >= 11 is 1.39. The van der Waals surface area contributed by atoms with Gasteiger partial charge in [-0.15, -0.1) is 17.9 Å². The largest absolute Gasteiger partial charge is 0.486 e. The Kier molecular flexibility index (Phi) is 8.21. The van der Waals surface area contributed by atoms with E-state index in [-0.39, 0.29) is 24.5 Å². The Morgan fingerprint density at radius 3 is 2.75 bits per heavy atom. The van der Waals surface area contributed by atoms with Crippen molar-refractivity contribution in [2.75, 3.05) is 13.1 Å². The monoisotopic (exact) mass is 503 g/mol. The molecule has 0 saturated heterocycles. The molecule has 2 amide bonds.